The molecule has 2 aliphatic rings. The van der Waals surface area contributed by atoms with Crippen LogP contribution in [0.15, 0.2) is 0 Å². The Kier molecular flexibility index (Phi) is 9.89. The molecule has 12 nitrogen and oxygen atoms in total. The van der Waals surface area contributed by atoms with Gasteiger partial charge in [0, 0.05) is 27.7 Å². The molecule has 5 unspecified atom stereocenters. The lowest BCUT2D eigenvalue weighted by molar-refractivity contribution is -0.256. The number of nitrogens with one attached hydrogen (secondary N) is 1. The van der Waals surface area contributed by atoms with Crippen LogP contribution < -0.4 is 5.32 Å². The molecule has 0 bridgehead atoms. The highest BCUT2D eigenvalue weighted by molar-refractivity contribution is 5.70. The maximum atomic E-state index is 12.5. The molecule has 5 atom stereocenters. The van der Waals surface area contributed by atoms with E-state index in [0.29, 0.717) is 0 Å². The van der Waals surface area contributed by atoms with Gasteiger partial charge in [0.1, 0.15) is 18.8 Å². The first-order chi connectivity index (χ1) is 15.6. The van der Waals surface area contributed by atoms with Gasteiger partial charge in [-0.05, 0) is 25.7 Å². The number of hydrogen-bond donors (Lipinski definition) is 1. The second-order valence-electron chi connectivity index (χ2n) is 7.93. The van der Waals surface area contributed by atoms with E-state index in [1.807, 2.05) is 0 Å². The summed E-state index contributed by atoms with van der Waals surface area (Å²) in [6.07, 6.45) is -3.18. The molecule has 1 saturated heterocycles. The molecule has 186 valence electrons. The Balaban J connectivity index is 2.29. The number of amides is 1. The van der Waals surface area contributed by atoms with Crippen molar-refractivity contribution < 1.29 is 52.4 Å². The van der Waals surface area contributed by atoms with Crippen molar-refractivity contribution in [2.75, 3.05) is 6.61 Å². The van der Waals surface area contributed by atoms with Gasteiger partial charge in [-0.1, -0.05) is 6.42 Å². The highest BCUT2D eigenvalue weighted by Gasteiger charge is 2.52. The van der Waals surface area contributed by atoms with E-state index in [4.69, 9.17) is 28.4 Å². The Labute approximate surface area is 191 Å². The topological polar surface area (TPSA) is 153 Å². The predicted octanol–water partition coefficient (Wildman–Crippen LogP) is 1.13. The average Bonchev–Trinajstić information content (AvgIpc) is 2.70. The van der Waals surface area contributed by atoms with Crippen molar-refractivity contribution in [2.45, 2.75) is 96.5 Å². The summed E-state index contributed by atoms with van der Waals surface area (Å²) in [7, 11) is 0. The van der Waals surface area contributed by atoms with Crippen molar-refractivity contribution >= 4 is 30.0 Å². The fourth-order valence-corrected chi connectivity index (χ4v) is 3.83. The highest BCUT2D eigenvalue weighted by Crippen LogP contribution is 2.29. The van der Waals surface area contributed by atoms with Crippen molar-refractivity contribution in [1.29, 1.82) is 0 Å². The Bertz CT molecular complexity index is 734. The number of alkyl carbamates (subject to hydrolysis) is 1. The molecular formula is C21H31NO11. The Morgan fingerprint density at radius 3 is 1.82 bits per heavy atom. The third-order valence-corrected chi connectivity index (χ3v) is 5.08. The molecule has 33 heavy (non-hydrogen) atoms. The second kappa shape index (κ2) is 12.4. The molecule has 0 radical (unpaired) electrons. The van der Waals surface area contributed by atoms with Crippen molar-refractivity contribution in [2.24, 2.45) is 0 Å². The summed E-state index contributed by atoms with van der Waals surface area (Å²) in [5.74, 6) is -2.88. The first-order valence-electron chi connectivity index (χ1n) is 10.8. The van der Waals surface area contributed by atoms with Crippen LogP contribution in [-0.2, 0) is 47.6 Å². The van der Waals surface area contributed by atoms with Crippen LogP contribution in [-0.4, -0.2) is 73.3 Å². The van der Waals surface area contributed by atoms with Gasteiger partial charge in [0.05, 0.1) is 0 Å². The fraction of sp³-hybridized carbons (Fsp3) is 0.762. The summed E-state index contributed by atoms with van der Waals surface area (Å²) < 4.78 is 32.1. The van der Waals surface area contributed by atoms with Crippen LogP contribution >= 0.6 is 0 Å². The minimum atomic E-state index is -1.37. The third-order valence-electron chi connectivity index (χ3n) is 5.08. The molecule has 2 fully saturated rings. The van der Waals surface area contributed by atoms with Gasteiger partial charge in [0.25, 0.3) is 0 Å². The van der Waals surface area contributed by atoms with Crippen LogP contribution in [0.2, 0.25) is 0 Å². The molecule has 1 heterocycles. The van der Waals surface area contributed by atoms with E-state index >= 15 is 0 Å². The minimum Gasteiger partial charge on any atom is -0.463 e. The zero-order chi connectivity index (χ0) is 24.5. The fourth-order valence-electron chi connectivity index (χ4n) is 3.83. The van der Waals surface area contributed by atoms with Crippen molar-refractivity contribution in [1.82, 2.24) is 5.32 Å². The van der Waals surface area contributed by atoms with Gasteiger partial charge in [-0.2, -0.15) is 0 Å². The van der Waals surface area contributed by atoms with E-state index < -0.39 is 60.6 Å². The molecular weight excluding hydrogens is 442 g/mol. The number of esters is 4. The van der Waals surface area contributed by atoms with Crippen LogP contribution in [0, 0.1) is 0 Å². The van der Waals surface area contributed by atoms with Gasteiger partial charge in [-0.3, -0.25) is 24.5 Å². The lowest BCUT2D eigenvalue weighted by atomic mass is 9.97. The first kappa shape index (κ1) is 26.4. The number of ether oxygens (including phenoxy) is 6. The SMILES string of the molecule is CC(=O)OCC1OC(NC(=O)OC2CCCCC2)C(OC(C)=O)C(OC(C)=O)C1OC(C)=O. The number of carbonyl (C=O) groups is 5. The minimum absolute atomic E-state index is 0.260. The highest BCUT2D eigenvalue weighted by atomic mass is 16.7. The molecule has 0 aromatic carbocycles. The Hall–Kier alpha value is -2.89. The van der Waals surface area contributed by atoms with Crippen LogP contribution in [0.1, 0.15) is 59.8 Å². The quantitative estimate of drug-likeness (QED) is 0.418. The second-order valence-corrected chi connectivity index (χ2v) is 7.93. The Morgan fingerprint density at radius 1 is 0.727 bits per heavy atom. The smallest absolute Gasteiger partial charge is 0.409 e. The molecule has 0 aromatic heterocycles. The first-order valence-corrected chi connectivity index (χ1v) is 10.8. The molecule has 12 heteroatoms. The van der Waals surface area contributed by atoms with Crippen LogP contribution in [0.3, 0.4) is 0 Å². The summed E-state index contributed by atoms with van der Waals surface area (Å²) in [4.78, 5) is 59.2. The summed E-state index contributed by atoms with van der Waals surface area (Å²) in [6.45, 7) is 4.15. The molecule has 0 aromatic rings. The van der Waals surface area contributed by atoms with Gasteiger partial charge in [0.2, 0.25) is 0 Å². The maximum absolute atomic E-state index is 12.5. The molecule has 1 aliphatic carbocycles. The molecule has 1 saturated carbocycles. The summed E-state index contributed by atoms with van der Waals surface area (Å²) in [5.41, 5.74) is 0. The standard InChI is InChI=1S/C21H31NO11/c1-11(23)28-10-16-17(29-12(2)24)18(30-13(3)25)19(31-14(4)26)20(33-16)22-21(27)32-15-8-6-5-7-9-15/h15-20H,5-10H2,1-4H3,(H,22,27). The van der Waals surface area contributed by atoms with E-state index in [2.05, 4.69) is 5.32 Å². The van der Waals surface area contributed by atoms with Crippen molar-refractivity contribution in [3.05, 3.63) is 0 Å². The number of hydrogen-bond acceptors (Lipinski definition) is 11. The van der Waals surface area contributed by atoms with Crippen molar-refractivity contribution in [3.8, 4) is 0 Å². The van der Waals surface area contributed by atoms with Gasteiger partial charge in [-0.15, -0.1) is 0 Å². The van der Waals surface area contributed by atoms with Crippen molar-refractivity contribution in [3.63, 3.8) is 0 Å². The largest absolute Gasteiger partial charge is 0.463 e. The van der Waals surface area contributed by atoms with E-state index in [0.717, 1.165) is 52.9 Å². The van der Waals surface area contributed by atoms with Gasteiger partial charge >= 0.3 is 30.0 Å². The maximum Gasteiger partial charge on any atom is 0.409 e. The molecule has 0 spiro atoms. The third kappa shape index (κ3) is 8.52. The van der Waals surface area contributed by atoms with Crippen LogP contribution in [0.5, 0.6) is 0 Å². The number of carbonyl (C=O) groups excluding carboxylic acids is 5. The Morgan fingerprint density at radius 2 is 1.27 bits per heavy atom. The average molecular weight is 473 g/mol. The number of rotatable bonds is 7. The zero-order valence-electron chi connectivity index (χ0n) is 19.2. The molecule has 1 N–H and O–H groups in total. The van der Waals surface area contributed by atoms with E-state index in [9.17, 15) is 24.0 Å². The molecule has 1 aliphatic heterocycles. The van der Waals surface area contributed by atoms with E-state index in [1.54, 1.807) is 0 Å². The molecule has 1 amide bonds. The van der Waals surface area contributed by atoms with Crippen LogP contribution in [0.4, 0.5) is 4.79 Å². The summed E-state index contributed by atoms with van der Waals surface area (Å²) in [5, 5.41) is 2.48. The normalized spacial score (nSPS) is 27.6. The van der Waals surface area contributed by atoms with Gasteiger partial charge in [0.15, 0.2) is 24.5 Å². The van der Waals surface area contributed by atoms with E-state index in [-0.39, 0.29) is 12.7 Å². The van der Waals surface area contributed by atoms with Gasteiger partial charge < -0.3 is 28.4 Å². The zero-order valence-corrected chi connectivity index (χ0v) is 19.2. The summed E-state index contributed by atoms with van der Waals surface area (Å²) in [6, 6.07) is 0. The molecule has 2 rings (SSSR count). The van der Waals surface area contributed by atoms with Crippen LogP contribution in [0.25, 0.3) is 0 Å². The monoisotopic (exact) mass is 473 g/mol. The van der Waals surface area contributed by atoms with E-state index in [1.165, 1.54) is 6.92 Å². The lowest BCUT2D eigenvalue weighted by Gasteiger charge is -2.44. The summed E-state index contributed by atoms with van der Waals surface area (Å²) >= 11 is 0. The lowest BCUT2D eigenvalue weighted by Crippen LogP contribution is -2.66. The van der Waals surface area contributed by atoms with Gasteiger partial charge in [-0.25, -0.2) is 4.79 Å². The predicted molar refractivity (Wildman–Crippen MR) is 108 cm³/mol.